The molecule has 3 N–H and O–H groups in total. The SMILES string of the molecule is Cn1ccnc1COc1ccc(C(=N)N)cc1F. The lowest BCUT2D eigenvalue weighted by molar-refractivity contribution is 0.277. The van der Waals surface area contributed by atoms with Gasteiger partial charge in [-0.25, -0.2) is 9.37 Å². The second-order valence-corrected chi connectivity index (χ2v) is 3.80. The van der Waals surface area contributed by atoms with Crippen LogP contribution in [0.3, 0.4) is 0 Å². The smallest absolute Gasteiger partial charge is 0.165 e. The third-order valence-electron chi connectivity index (χ3n) is 2.52. The number of nitrogens with two attached hydrogens (primary N) is 1. The summed E-state index contributed by atoms with van der Waals surface area (Å²) in [5, 5.41) is 7.20. The fourth-order valence-electron chi connectivity index (χ4n) is 1.46. The van der Waals surface area contributed by atoms with Crippen LogP contribution in [0.1, 0.15) is 11.4 Å². The highest BCUT2D eigenvalue weighted by molar-refractivity contribution is 5.95. The molecule has 18 heavy (non-hydrogen) atoms. The Morgan fingerprint density at radius 3 is 2.89 bits per heavy atom. The molecule has 0 saturated heterocycles. The molecule has 0 aliphatic carbocycles. The zero-order chi connectivity index (χ0) is 13.1. The minimum absolute atomic E-state index is 0.114. The van der Waals surface area contributed by atoms with E-state index < -0.39 is 5.82 Å². The number of nitrogen functional groups attached to an aromatic ring is 1. The summed E-state index contributed by atoms with van der Waals surface area (Å²) in [6.07, 6.45) is 3.43. The lowest BCUT2D eigenvalue weighted by Gasteiger charge is -2.08. The lowest BCUT2D eigenvalue weighted by atomic mass is 10.2. The number of rotatable bonds is 4. The van der Waals surface area contributed by atoms with Crippen LogP contribution in [-0.4, -0.2) is 15.4 Å². The summed E-state index contributed by atoms with van der Waals surface area (Å²) in [6.45, 7) is 0.180. The second kappa shape index (κ2) is 4.87. The maximum atomic E-state index is 13.6. The van der Waals surface area contributed by atoms with E-state index in [9.17, 15) is 4.39 Å². The van der Waals surface area contributed by atoms with E-state index >= 15 is 0 Å². The summed E-state index contributed by atoms with van der Waals surface area (Å²) in [5.74, 6) is 0.0921. The summed E-state index contributed by atoms with van der Waals surface area (Å²) < 4.78 is 20.8. The highest BCUT2D eigenvalue weighted by Crippen LogP contribution is 2.19. The zero-order valence-corrected chi connectivity index (χ0v) is 9.85. The summed E-state index contributed by atoms with van der Waals surface area (Å²) in [7, 11) is 1.83. The summed E-state index contributed by atoms with van der Waals surface area (Å²) >= 11 is 0. The molecule has 5 nitrogen and oxygen atoms in total. The lowest BCUT2D eigenvalue weighted by Crippen LogP contribution is -2.11. The average molecular weight is 248 g/mol. The molecule has 0 bridgehead atoms. The van der Waals surface area contributed by atoms with Crippen molar-refractivity contribution in [3.63, 3.8) is 0 Å². The first-order valence-corrected chi connectivity index (χ1v) is 5.31. The van der Waals surface area contributed by atoms with Gasteiger partial charge < -0.3 is 15.0 Å². The Balaban J connectivity index is 2.11. The van der Waals surface area contributed by atoms with Crippen LogP contribution in [0, 0.1) is 11.2 Å². The molecule has 2 aromatic rings. The number of nitrogens with one attached hydrogen (secondary N) is 1. The molecule has 0 aliphatic heterocycles. The molecule has 0 saturated carbocycles. The zero-order valence-electron chi connectivity index (χ0n) is 9.85. The molecule has 0 unspecified atom stereocenters. The van der Waals surface area contributed by atoms with Gasteiger partial charge in [-0.15, -0.1) is 0 Å². The number of aromatic nitrogens is 2. The average Bonchev–Trinajstić information content (AvgIpc) is 2.73. The van der Waals surface area contributed by atoms with Crippen molar-refractivity contribution in [2.45, 2.75) is 6.61 Å². The number of aryl methyl sites for hydroxylation is 1. The van der Waals surface area contributed by atoms with Crippen molar-refractivity contribution >= 4 is 5.84 Å². The largest absolute Gasteiger partial charge is 0.483 e. The van der Waals surface area contributed by atoms with Gasteiger partial charge in [0.15, 0.2) is 11.6 Å². The predicted octanol–water partition coefficient (Wildman–Crippen LogP) is 1.42. The normalized spacial score (nSPS) is 10.3. The molecule has 0 fully saturated rings. The van der Waals surface area contributed by atoms with Crippen LogP contribution in [0.5, 0.6) is 5.75 Å². The van der Waals surface area contributed by atoms with Gasteiger partial charge in [-0.05, 0) is 18.2 Å². The summed E-state index contributed by atoms with van der Waals surface area (Å²) in [5.41, 5.74) is 5.60. The Kier molecular flexibility index (Phi) is 3.27. The Morgan fingerprint density at radius 2 is 2.33 bits per heavy atom. The summed E-state index contributed by atoms with van der Waals surface area (Å²) in [6, 6.07) is 4.17. The van der Waals surface area contributed by atoms with Crippen molar-refractivity contribution < 1.29 is 9.13 Å². The molecule has 1 aromatic heterocycles. The first kappa shape index (κ1) is 12.1. The van der Waals surface area contributed by atoms with Gasteiger partial charge in [-0.2, -0.15) is 0 Å². The van der Waals surface area contributed by atoms with Crippen molar-refractivity contribution in [3.8, 4) is 5.75 Å². The van der Waals surface area contributed by atoms with Gasteiger partial charge in [0, 0.05) is 25.0 Å². The first-order chi connectivity index (χ1) is 8.58. The maximum absolute atomic E-state index is 13.6. The van der Waals surface area contributed by atoms with Gasteiger partial charge >= 0.3 is 0 Å². The van der Waals surface area contributed by atoms with Gasteiger partial charge in [0.25, 0.3) is 0 Å². The predicted molar refractivity (Wildman–Crippen MR) is 65.0 cm³/mol. The Morgan fingerprint density at radius 1 is 1.56 bits per heavy atom. The van der Waals surface area contributed by atoms with Crippen molar-refractivity contribution in [2.75, 3.05) is 0 Å². The fourth-order valence-corrected chi connectivity index (χ4v) is 1.46. The van der Waals surface area contributed by atoms with Crippen LogP contribution in [0.4, 0.5) is 4.39 Å². The maximum Gasteiger partial charge on any atom is 0.165 e. The molecule has 0 radical (unpaired) electrons. The first-order valence-electron chi connectivity index (χ1n) is 5.31. The minimum Gasteiger partial charge on any atom is -0.483 e. The molecule has 0 atom stereocenters. The number of hydrogen-bond acceptors (Lipinski definition) is 3. The number of ether oxygens (including phenoxy) is 1. The summed E-state index contributed by atoms with van der Waals surface area (Å²) in [4.78, 5) is 4.07. The molecule has 0 amide bonds. The highest BCUT2D eigenvalue weighted by atomic mass is 19.1. The van der Waals surface area contributed by atoms with E-state index in [0.29, 0.717) is 11.4 Å². The van der Waals surface area contributed by atoms with E-state index in [0.717, 1.165) is 0 Å². The van der Waals surface area contributed by atoms with Crippen LogP contribution < -0.4 is 10.5 Å². The van der Waals surface area contributed by atoms with Crippen LogP contribution in [-0.2, 0) is 13.7 Å². The monoisotopic (exact) mass is 248 g/mol. The van der Waals surface area contributed by atoms with Gasteiger partial charge in [-0.1, -0.05) is 0 Å². The molecular weight excluding hydrogens is 235 g/mol. The number of imidazole rings is 1. The molecule has 2 rings (SSSR count). The number of hydrogen-bond donors (Lipinski definition) is 2. The molecule has 6 heteroatoms. The highest BCUT2D eigenvalue weighted by Gasteiger charge is 2.08. The third kappa shape index (κ3) is 2.48. The van der Waals surface area contributed by atoms with E-state index in [-0.39, 0.29) is 18.2 Å². The fraction of sp³-hybridized carbons (Fsp3) is 0.167. The number of amidine groups is 1. The van der Waals surface area contributed by atoms with Gasteiger partial charge in [-0.3, -0.25) is 5.41 Å². The molecule has 1 aromatic carbocycles. The second-order valence-electron chi connectivity index (χ2n) is 3.80. The van der Waals surface area contributed by atoms with Crippen molar-refractivity contribution in [1.82, 2.24) is 9.55 Å². The Hall–Kier alpha value is -2.37. The number of halogens is 1. The number of benzene rings is 1. The van der Waals surface area contributed by atoms with Crippen molar-refractivity contribution in [2.24, 2.45) is 12.8 Å². The van der Waals surface area contributed by atoms with Crippen LogP contribution in [0.25, 0.3) is 0 Å². The third-order valence-corrected chi connectivity index (χ3v) is 2.52. The number of nitrogens with zero attached hydrogens (tertiary/aromatic N) is 2. The Labute approximate surface area is 104 Å². The van der Waals surface area contributed by atoms with E-state index in [1.807, 2.05) is 7.05 Å². The van der Waals surface area contributed by atoms with E-state index in [1.165, 1.54) is 12.1 Å². The standard InChI is InChI=1S/C12H13FN4O/c1-17-5-4-16-11(17)7-18-10-3-2-8(12(14)15)6-9(10)13/h2-6H,7H2,1H3,(H3,14,15). The van der Waals surface area contributed by atoms with Crippen LogP contribution in [0.2, 0.25) is 0 Å². The molecule has 0 aliphatic rings. The van der Waals surface area contributed by atoms with Gasteiger partial charge in [0.1, 0.15) is 18.3 Å². The quantitative estimate of drug-likeness (QED) is 0.634. The van der Waals surface area contributed by atoms with Gasteiger partial charge in [0.2, 0.25) is 0 Å². The molecular formula is C12H13FN4O. The molecule has 1 heterocycles. The van der Waals surface area contributed by atoms with E-state index in [2.05, 4.69) is 4.98 Å². The van der Waals surface area contributed by atoms with Gasteiger partial charge in [0.05, 0.1) is 0 Å². The van der Waals surface area contributed by atoms with Crippen molar-refractivity contribution in [1.29, 1.82) is 5.41 Å². The molecule has 94 valence electrons. The van der Waals surface area contributed by atoms with E-state index in [4.69, 9.17) is 15.9 Å². The van der Waals surface area contributed by atoms with Crippen LogP contribution >= 0.6 is 0 Å². The van der Waals surface area contributed by atoms with Crippen LogP contribution in [0.15, 0.2) is 30.6 Å². The molecule has 0 spiro atoms. The van der Waals surface area contributed by atoms with E-state index in [1.54, 1.807) is 23.0 Å². The van der Waals surface area contributed by atoms with Crippen molar-refractivity contribution in [3.05, 3.63) is 47.8 Å². The topological polar surface area (TPSA) is 76.9 Å². The minimum atomic E-state index is -0.545. The Bertz CT molecular complexity index is 579.